The van der Waals surface area contributed by atoms with Crippen molar-refractivity contribution in [3.05, 3.63) is 326 Å². The minimum Gasteiger partial charge on any atom is -0.310 e. The lowest BCUT2D eigenvalue weighted by atomic mass is 9.68. The van der Waals surface area contributed by atoms with Gasteiger partial charge in [0, 0.05) is 33.3 Å². The highest BCUT2D eigenvalue weighted by atomic mass is 15.1. The minimum atomic E-state index is -0.492. The van der Waals surface area contributed by atoms with Crippen molar-refractivity contribution in [3.8, 4) is 61.3 Å². The molecule has 0 radical (unpaired) electrons. The molecule has 14 rings (SSSR count). The number of aromatic nitrogens is 1. The third-order valence-electron chi connectivity index (χ3n) is 15.5. The lowest BCUT2D eigenvalue weighted by molar-refractivity contribution is 0.768. The summed E-state index contributed by atoms with van der Waals surface area (Å²) in [7, 11) is 0. The van der Waals surface area contributed by atoms with E-state index in [9.17, 15) is 0 Å². The molecule has 0 unspecified atom stereocenters. The standard InChI is InChI=1S/C73H50N2/c1-5-20-51(21-6-1)52-36-38-53(39-37-52)54-44-47-61(48-45-54)74(60-26-11-4-12-27-60)68-33-17-14-28-62(68)56-42-40-55(41-43-56)57-46-49-64-63-29-15-18-34-69(63)75(71(64)50-57)70-35-19-32-67-72(70)65-30-13-16-31-66(65)73(67,58-22-7-2-8-23-58)59-24-9-3-10-25-59/h1-50H. The Kier molecular flexibility index (Phi) is 10.8. The third-order valence-corrected chi connectivity index (χ3v) is 15.5. The number of anilines is 3. The molecule has 0 atom stereocenters. The van der Waals surface area contributed by atoms with E-state index in [-0.39, 0.29) is 0 Å². The van der Waals surface area contributed by atoms with E-state index in [1.165, 1.54) is 88.7 Å². The summed E-state index contributed by atoms with van der Waals surface area (Å²) in [5.74, 6) is 0. The predicted molar refractivity (Wildman–Crippen MR) is 315 cm³/mol. The van der Waals surface area contributed by atoms with Gasteiger partial charge in [-0.15, -0.1) is 0 Å². The van der Waals surface area contributed by atoms with Crippen molar-refractivity contribution in [2.75, 3.05) is 4.90 Å². The zero-order valence-electron chi connectivity index (χ0n) is 41.3. The number of fused-ring (bicyclic) bond motifs is 6. The maximum Gasteiger partial charge on any atom is 0.0714 e. The van der Waals surface area contributed by atoms with E-state index in [4.69, 9.17) is 0 Å². The van der Waals surface area contributed by atoms with Gasteiger partial charge in [0.2, 0.25) is 0 Å². The zero-order valence-corrected chi connectivity index (χ0v) is 41.3. The van der Waals surface area contributed by atoms with Gasteiger partial charge in [-0.05, 0) is 115 Å². The average Bonchev–Trinajstić information content (AvgIpc) is 4.10. The quantitative estimate of drug-likeness (QED) is 0.133. The Bertz CT molecular complexity index is 4140. The van der Waals surface area contributed by atoms with Gasteiger partial charge in [-0.2, -0.15) is 0 Å². The van der Waals surface area contributed by atoms with Gasteiger partial charge in [-0.3, -0.25) is 0 Å². The fourth-order valence-corrected chi connectivity index (χ4v) is 12.1. The summed E-state index contributed by atoms with van der Waals surface area (Å²) < 4.78 is 2.52. The number of hydrogen-bond acceptors (Lipinski definition) is 1. The smallest absolute Gasteiger partial charge is 0.0714 e. The molecule has 75 heavy (non-hydrogen) atoms. The Hall–Kier alpha value is -9.76. The Morgan fingerprint density at radius 3 is 1.40 bits per heavy atom. The van der Waals surface area contributed by atoms with Crippen LogP contribution in [0.4, 0.5) is 17.1 Å². The molecule has 0 amide bonds. The first-order chi connectivity index (χ1) is 37.2. The van der Waals surface area contributed by atoms with Gasteiger partial charge in [0.25, 0.3) is 0 Å². The molecule has 1 heterocycles. The molecule has 0 aliphatic heterocycles. The van der Waals surface area contributed by atoms with Crippen molar-refractivity contribution in [2.24, 2.45) is 0 Å². The molecule has 0 N–H and O–H groups in total. The van der Waals surface area contributed by atoms with Crippen LogP contribution in [0.5, 0.6) is 0 Å². The Morgan fingerprint density at radius 1 is 0.280 bits per heavy atom. The van der Waals surface area contributed by atoms with Crippen LogP contribution in [-0.2, 0) is 5.41 Å². The molecule has 0 bridgehead atoms. The van der Waals surface area contributed by atoms with Crippen molar-refractivity contribution < 1.29 is 0 Å². The van der Waals surface area contributed by atoms with Crippen LogP contribution in [0, 0.1) is 0 Å². The van der Waals surface area contributed by atoms with E-state index >= 15 is 0 Å². The maximum absolute atomic E-state index is 2.52. The van der Waals surface area contributed by atoms with Crippen molar-refractivity contribution in [1.29, 1.82) is 0 Å². The van der Waals surface area contributed by atoms with Gasteiger partial charge < -0.3 is 9.47 Å². The van der Waals surface area contributed by atoms with Crippen LogP contribution in [0.15, 0.2) is 303 Å². The predicted octanol–water partition coefficient (Wildman–Crippen LogP) is 19.3. The van der Waals surface area contributed by atoms with Crippen molar-refractivity contribution >= 4 is 38.9 Å². The lowest BCUT2D eigenvalue weighted by Gasteiger charge is -2.34. The number of benzene rings is 12. The lowest BCUT2D eigenvalue weighted by Crippen LogP contribution is -2.28. The molecule has 0 saturated carbocycles. The first-order valence-electron chi connectivity index (χ1n) is 25.9. The van der Waals surface area contributed by atoms with Crippen LogP contribution in [0.25, 0.3) is 83.1 Å². The summed E-state index contributed by atoms with van der Waals surface area (Å²) in [6.07, 6.45) is 0. The number of nitrogens with zero attached hydrogens (tertiary/aromatic N) is 2. The summed E-state index contributed by atoms with van der Waals surface area (Å²) in [4.78, 5) is 2.38. The number of rotatable bonds is 10. The summed E-state index contributed by atoms with van der Waals surface area (Å²) >= 11 is 0. The zero-order chi connectivity index (χ0) is 49.7. The summed E-state index contributed by atoms with van der Waals surface area (Å²) in [5.41, 5.74) is 23.5. The highest BCUT2D eigenvalue weighted by Crippen LogP contribution is 2.58. The van der Waals surface area contributed by atoms with Gasteiger partial charge in [0.1, 0.15) is 0 Å². The summed E-state index contributed by atoms with van der Waals surface area (Å²) in [5, 5.41) is 2.47. The molecule has 2 heteroatoms. The fraction of sp³-hybridized carbons (Fsp3) is 0.0137. The van der Waals surface area contributed by atoms with Crippen molar-refractivity contribution in [2.45, 2.75) is 5.41 Å². The van der Waals surface area contributed by atoms with Crippen LogP contribution in [0.2, 0.25) is 0 Å². The van der Waals surface area contributed by atoms with E-state index in [1.807, 2.05) is 0 Å². The molecule has 1 aliphatic rings. The molecule has 1 aromatic heterocycles. The molecule has 2 nitrogen and oxygen atoms in total. The third kappa shape index (κ3) is 7.33. The Labute approximate surface area is 438 Å². The van der Waals surface area contributed by atoms with Crippen molar-refractivity contribution in [1.82, 2.24) is 4.57 Å². The maximum atomic E-state index is 2.52. The molecular weight excluding hydrogens is 905 g/mol. The van der Waals surface area contributed by atoms with E-state index in [1.54, 1.807) is 0 Å². The molecule has 1 aliphatic carbocycles. The topological polar surface area (TPSA) is 8.17 Å². The molecule has 0 saturated heterocycles. The van der Waals surface area contributed by atoms with E-state index < -0.39 is 5.41 Å². The monoisotopic (exact) mass is 954 g/mol. The molecule has 0 fully saturated rings. The molecule has 352 valence electrons. The Morgan fingerprint density at radius 2 is 0.733 bits per heavy atom. The second-order valence-electron chi connectivity index (χ2n) is 19.6. The van der Waals surface area contributed by atoms with Crippen LogP contribution >= 0.6 is 0 Å². The molecule has 12 aromatic carbocycles. The van der Waals surface area contributed by atoms with E-state index in [2.05, 4.69) is 313 Å². The first kappa shape index (κ1) is 44.0. The van der Waals surface area contributed by atoms with Gasteiger partial charge in [-0.1, -0.05) is 255 Å². The molecule has 13 aromatic rings. The van der Waals surface area contributed by atoms with Crippen LogP contribution < -0.4 is 4.90 Å². The van der Waals surface area contributed by atoms with Gasteiger partial charge in [-0.25, -0.2) is 0 Å². The SMILES string of the molecule is c1ccc(-c2ccc(-c3ccc(N(c4ccccc4)c4ccccc4-c4ccc(-c5ccc6c7ccccc7n(-c7cccc8c7-c7ccccc7C8(c7ccccc7)c7ccccc7)c6c5)cc4)cc3)cc2)cc1. The van der Waals surface area contributed by atoms with Crippen molar-refractivity contribution in [3.63, 3.8) is 0 Å². The van der Waals surface area contributed by atoms with Gasteiger partial charge in [0.15, 0.2) is 0 Å². The minimum absolute atomic E-state index is 0.492. The largest absolute Gasteiger partial charge is 0.310 e. The number of para-hydroxylation sites is 3. The number of hydrogen-bond donors (Lipinski definition) is 0. The van der Waals surface area contributed by atoms with Crippen LogP contribution in [-0.4, -0.2) is 4.57 Å². The fourth-order valence-electron chi connectivity index (χ4n) is 12.1. The van der Waals surface area contributed by atoms with E-state index in [0.29, 0.717) is 0 Å². The molecular formula is C73H50N2. The highest BCUT2D eigenvalue weighted by Gasteiger charge is 2.47. The summed E-state index contributed by atoms with van der Waals surface area (Å²) in [6.45, 7) is 0. The van der Waals surface area contributed by atoms with Gasteiger partial charge in [0.05, 0.1) is 27.8 Å². The first-order valence-corrected chi connectivity index (χ1v) is 25.9. The van der Waals surface area contributed by atoms with E-state index in [0.717, 1.165) is 33.8 Å². The van der Waals surface area contributed by atoms with Crippen LogP contribution in [0.3, 0.4) is 0 Å². The highest BCUT2D eigenvalue weighted by molar-refractivity contribution is 6.11. The average molecular weight is 955 g/mol. The summed E-state index contributed by atoms with van der Waals surface area (Å²) in [6, 6.07) is 111. The molecule has 0 spiro atoms. The van der Waals surface area contributed by atoms with Gasteiger partial charge >= 0.3 is 0 Å². The second-order valence-corrected chi connectivity index (χ2v) is 19.6. The second kappa shape index (κ2) is 18.4. The van der Waals surface area contributed by atoms with Crippen LogP contribution in [0.1, 0.15) is 22.3 Å². The normalized spacial score (nSPS) is 12.4. The Balaban J connectivity index is 0.852.